The van der Waals surface area contributed by atoms with Gasteiger partial charge in [-0.05, 0) is 31.0 Å². The molecule has 21 heavy (non-hydrogen) atoms. The lowest BCUT2D eigenvalue weighted by Gasteiger charge is -2.24. The van der Waals surface area contributed by atoms with E-state index in [1.165, 1.54) is 7.11 Å². The number of benzene rings is 2. The molecular weight excluding hydrogens is 267 g/mol. The number of ether oxygens (including phenoxy) is 1. The monoisotopic (exact) mass is 286 g/mol. The zero-order valence-corrected chi connectivity index (χ0v) is 12.5. The number of hydrogen-bond donors (Lipinski definition) is 0. The molecule has 0 fully saturated rings. The summed E-state index contributed by atoms with van der Waals surface area (Å²) in [6, 6.07) is 14.4. The maximum Gasteiger partial charge on any atom is 0.168 e. The Morgan fingerprint density at radius 3 is 2.38 bits per heavy atom. The van der Waals surface area contributed by atoms with Gasteiger partial charge in [0.1, 0.15) is 5.78 Å². The van der Waals surface area contributed by atoms with Gasteiger partial charge in [0.05, 0.1) is 7.11 Å². The summed E-state index contributed by atoms with van der Waals surface area (Å²) >= 11 is 0. The summed E-state index contributed by atoms with van der Waals surface area (Å²) < 4.78 is 19.1. The van der Waals surface area contributed by atoms with Crippen LogP contribution in [0.1, 0.15) is 25.0 Å². The lowest BCUT2D eigenvalue weighted by Crippen LogP contribution is -2.30. The first-order valence-corrected chi connectivity index (χ1v) is 6.87. The van der Waals surface area contributed by atoms with Gasteiger partial charge in [-0.25, -0.2) is 4.39 Å². The van der Waals surface area contributed by atoms with Crippen LogP contribution in [0.25, 0.3) is 0 Å². The topological polar surface area (TPSA) is 26.3 Å². The first kappa shape index (κ1) is 15.2. The third kappa shape index (κ3) is 3.13. The van der Waals surface area contributed by atoms with Crippen molar-refractivity contribution in [3.8, 4) is 5.75 Å². The average molecular weight is 286 g/mol. The SMILES string of the molecule is COc1cccc(CC(=O)C(C)(C)c2ccccc2)c1F. The van der Waals surface area contributed by atoms with Gasteiger partial charge >= 0.3 is 0 Å². The average Bonchev–Trinajstić information content (AvgIpc) is 2.50. The van der Waals surface area contributed by atoms with Gasteiger partial charge in [-0.2, -0.15) is 0 Å². The Morgan fingerprint density at radius 2 is 1.76 bits per heavy atom. The number of carbonyl (C=O) groups excluding carboxylic acids is 1. The van der Waals surface area contributed by atoms with Crippen molar-refractivity contribution in [3.63, 3.8) is 0 Å². The van der Waals surface area contributed by atoms with E-state index in [1.807, 2.05) is 44.2 Å². The maximum atomic E-state index is 14.1. The van der Waals surface area contributed by atoms with E-state index < -0.39 is 11.2 Å². The molecule has 0 heterocycles. The number of hydrogen-bond acceptors (Lipinski definition) is 2. The van der Waals surface area contributed by atoms with Gasteiger partial charge in [0.2, 0.25) is 0 Å². The van der Waals surface area contributed by atoms with Crippen LogP contribution < -0.4 is 4.74 Å². The molecule has 110 valence electrons. The number of carbonyl (C=O) groups is 1. The third-order valence-corrected chi connectivity index (χ3v) is 3.81. The molecule has 0 saturated carbocycles. The zero-order valence-electron chi connectivity index (χ0n) is 12.5. The highest BCUT2D eigenvalue weighted by Gasteiger charge is 2.30. The van der Waals surface area contributed by atoms with Crippen molar-refractivity contribution >= 4 is 5.78 Å². The largest absolute Gasteiger partial charge is 0.494 e. The minimum Gasteiger partial charge on any atom is -0.494 e. The molecule has 2 aromatic rings. The third-order valence-electron chi connectivity index (χ3n) is 3.81. The summed E-state index contributed by atoms with van der Waals surface area (Å²) in [7, 11) is 1.41. The van der Waals surface area contributed by atoms with E-state index in [-0.39, 0.29) is 18.0 Å². The zero-order chi connectivity index (χ0) is 15.5. The molecule has 0 aromatic heterocycles. The summed E-state index contributed by atoms with van der Waals surface area (Å²) in [5.74, 6) is -0.323. The fourth-order valence-corrected chi connectivity index (χ4v) is 2.26. The highest BCUT2D eigenvalue weighted by molar-refractivity contribution is 5.91. The van der Waals surface area contributed by atoms with E-state index in [4.69, 9.17) is 4.74 Å². The molecule has 0 amide bonds. The summed E-state index contributed by atoms with van der Waals surface area (Å²) in [5, 5.41) is 0. The first-order valence-electron chi connectivity index (χ1n) is 6.87. The number of ketones is 1. The van der Waals surface area contributed by atoms with E-state index in [0.717, 1.165) is 5.56 Å². The normalized spacial score (nSPS) is 11.2. The van der Waals surface area contributed by atoms with Gasteiger partial charge < -0.3 is 4.74 Å². The molecule has 0 saturated heterocycles. The van der Waals surface area contributed by atoms with E-state index in [9.17, 15) is 9.18 Å². The lowest BCUT2D eigenvalue weighted by molar-refractivity contribution is -0.122. The number of rotatable bonds is 5. The van der Waals surface area contributed by atoms with Crippen molar-refractivity contribution in [2.45, 2.75) is 25.7 Å². The molecule has 0 atom stereocenters. The van der Waals surface area contributed by atoms with Crippen molar-refractivity contribution in [2.75, 3.05) is 7.11 Å². The molecule has 0 unspecified atom stereocenters. The minimum atomic E-state index is -0.656. The van der Waals surface area contributed by atoms with Crippen molar-refractivity contribution in [1.29, 1.82) is 0 Å². The van der Waals surface area contributed by atoms with Crippen molar-refractivity contribution in [3.05, 3.63) is 65.5 Å². The predicted molar refractivity (Wildman–Crippen MR) is 81.1 cm³/mol. The van der Waals surface area contributed by atoms with Crippen molar-refractivity contribution in [1.82, 2.24) is 0 Å². The van der Waals surface area contributed by atoms with Gasteiger partial charge in [-0.1, -0.05) is 42.5 Å². The van der Waals surface area contributed by atoms with E-state index in [1.54, 1.807) is 18.2 Å². The minimum absolute atomic E-state index is 0.0270. The predicted octanol–water partition coefficient (Wildman–Crippen LogP) is 3.92. The molecule has 0 aliphatic carbocycles. The van der Waals surface area contributed by atoms with Gasteiger partial charge in [-0.3, -0.25) is 4.79 Å². The fraction of sp³-hybridized carbons (Fsp3) is 0.278. The number of Topliss-reactive ketones (excluding diaryl/α,β-unsaturated/α-hetero) is 1. The van der Waals surface area contributed by atoms with E-state index in [0.29, 0.717) is 5.56 Å². The van der Waals surface area contributed by atoms with Gasteiger partial charge in [-0.15, -0.1) is 0 Å². The first-order chi connectivity index (χ1) is 9.96. The van der Waals surface area contributed by atoms with Crippen LogP contribution in [0, 0.1) is 5.82 Å². The number of halogens is 1. The van der Waals surface area contributed by atoms with E-state index >= 15 is 0 Å². The van der Waals surface area contributed by atoms with Gasteiger partial charge in [0, 0.05) is 11.8 Å². The molecule has 0 bridgehead atoms. The van der Waals surface area contributed by atoms with Crippen LogP contribution in [-0.4, -0.2) is 12.9 Å². The quantitative estimate of drug-likeness (QED) is 0.832. The summed E-state index contributed by atoms with van der Waals surface area (Å²) in [5.41, 5.74) is 0.637. The maximum absolute atomic E-state index is 14.1. The van der Waals surface area contributed by atoms with Crippen LogP contribution in [0.4, 0.5) is 4.39 Å². The Bertz CT molecular complexity index is 633. The summed E-state index contributed by atoms with van der Waals surface area (Å²) in [6.45, 7) is 3.73. The van der Waals surface area contributed by atoms with Crippen LogP contribution in [0.3, 0.4) is 0 Å². The molecule has 0 radical (unpaired) electrons. The lowest BCUT2D eigenvalue weighted by atomic mass is 9.78. The molecule has 2 rings (SSSR count). The smallest absolute Gasteiger partial charge is 0.168 e. The molecular formula is C18H19FO2. The van der Waals surface area contributed by atoms with Crippen LogP contribution >= 0.6 is 0 Å². The standard InChI is InChI=1S/C18H19FO2/c1-18(2,14-9-5-4-6-10-14)16(20)12-13-8-7-11-15(21-3)17(13)19/h4-11H,12H2,1-3H3. The Kier molecular flexibility index (Phi) is 4.41. The van der Waals surface area contributed by atoms with Crippen molar-refractivity contribution < 1.29 is 13.9 Å². The second-order valence-electron chi connectivity index (χ2n) is 5.52. The highest BCUT2D eigenvalue weighted by Crippen LogP contribution is 2.27. The van der Waals surface area contributed by atoms with E-state index in [2.05, 4.69) is 0 Å². The number of methoxy groups -OCH3 is 1. The molecule has 0 spiro atoms. The molecule has 2 nitrogen and oxygen atoms in total. The van der Waals surface area contributed by atoms with Crippen molar-refractivity contribution in [2.24, 2.45) is 0 Å². The Morgan fingerprint density at radius 1 is 1.10 bits per heavy atom. The Hall–Kier alpha value is -2.16. The summed E-state index contributed by atoms with van der Waals surface area (Å²) in [4.78, 5) is 12.6. The molecule has 0 aliphatic rings. The van der Waals surface area contributed by atoms with Crippen LogP contribution in [0.15, 0.2) is 48.5 Å². The Balaban J connectivity index is 2.26. The van der Waals surface area contributed by atoms with Crippen LogP contribution in [0.5, 0.6) is 5.75 Å². The second kappa shape index (κ2) is 6.08. The Labute approximate surface area is 124 Å². The highest BCUT2D eigenvalue weighted by atomic mass is 19.1. The van der Waals surface area contributed by atoms with Crippen LogP contribution in [-0.2, 0) is 16.6 Å². The van der Waals surface area contributed by atoms with Crippen LogP contribution in [0.2, 0.25) is 0 Å². The summed E-state index contributed by atoms with van der Waals surface area (Å²) in [6.07, 6.45) is 0.0466. The fourth-order valence-electron chi connectivity index (χ4n) is 2.26. The molecule has 0 aliphatic heterocycles. The second-order valence-corrected chi connectivity index (χ2v) is 5.52. The molecule has 3 heteroatoms. The van der Waals surface area contributed by atoms with Gasteiger partial charge in [0.25, 0.3) is 0 Å². The van der Waals surface area contributed by atoms with Gasteiger partial charge in [0.15, 0.2) is 11.6 Å². The molecule has 0 N–H and O–H groups in total. The molecule has 2 aromatic carbocycles.